The second kappa shape index (κ2) is 9.50. The van der Waals surface area contributed by atoms with Crippen LogP contribution in [-0.2, 0) is 11.3 Å². The standard InChI is InChI=1S/C24H24FN3O4S/c1-5-32-23(29)21-14(2)28-22(26-13-15-7-6-8-17(25)9-15)20(27-24(28)33-21)16-10-18(30-3)12-19(11-16)31-4/h6-12,26H,5,13H2,1-4H3. The van der Waals surface area contributed by atoms with E-state index < -0.39 is 0 Å². The maximum atomic E-state index is 13.7. The Bertz CT molecular complexity index is 1290. The average Bonchev–Trinajstić information content (AvgIpc) is 3.34. The lowest BCUT2D eigenvalue weighted by atomic mass is 10.1. The fourth-order valence-electron chi connectivity index (χ4n) is 3.57. The molecule has 0 aliphatic rings. The molecule has 0 aliphatic heterocycles. The van der Waals surface area contributed by atoms with Gasteiger partial charge in [0.25, 0.3) is 0 Å². The van der Waals surface area contributed by atoms with Crippen LogP contribution in [0.2, 0.25) is 0 Å². The first-order valence-electron chi connectivity index (χ1n) is 10.4. The zero-order valence-corrected chi connectivity index (χ0v) is 19.6. The molecule has 7 nitrogen and oxygen atoms in total. The molecule has 2 aromatic carbocycles. The summed E-state index contributed by atoms with van der Waals surface area (Å²) in [5.74, 6) is 1.24. The summed E-state index contributed by atoms with van der Waals surface area (Å²) >= 11 is 1.26. The molecule has 0 aliphatic carbocycles. The van der Waals surface area contributed by atoms with Crippen molar-refractivity contribution in [2.45, 2.75) is 20.4 Å². The van der Waals surface area contributed by atoms with Crippen molar-refractivity contribution in [3.05, 3.63) is 64.4 Å². The molecule has 0 amide bonds. The number of thiazole rings is 1. The van der Waals surface area contributed by atoms with Gasteiger partial charge in [-0.15, -0.1) is 0 Å². The van der Waals surface area contributed by atoms with Crippen LogP contribution in [0.15, 0.2) is 42.5 Å². The fourth-order valence-corrected chi connectivity index (χ4v) is 4.59. The first-order chi connectivity index (χ1) is 15.9. The minimum absolute atomic E-state index is 0.290. The molecule has 9 heteroatoms. The van der Waals surface area contributed by atoms with Gasteiger partial charge in [0.15, 0.2) is 4.96 Å². The lowest BCUT2D eigenvalue weighted by Gasteiger charge is -2.12. The zero-order chi connectivity index (χ0) is 23.5. The van der Waals surface area contributed by atoms with Crippen LogP contribution in [-0.4, -0.2) is 36.2 Å². The fraction of sp³-hybridized carbons (Fsp3) is 0.250. The Morgan fingerprint density at radius 2 is 1.88 bits per heavy atom. The maximum absolute atomic E-state index is 13.7. The predicted molar refractivity (Wildman–Crippen MR) is 126 cm³/mol. The molecule has 0 spiro atoms. The van der Waals surface area contributed by atoms with Gasteiger partial charge >= 0.3 is 5.97 Å². The van der Waals surface area contributed by atoms with Crippen molar-refractivity contribution in [1.29, 1.82) is 0 Å². The van der Waals surface area contributed by atoms with Gasteiger partial charge in [-0.2, -0.15) is 0 Å². The number of methoxy groups -OCH3 is 2. The number of benzene rings is 2. The largest absolute Gasteiger partial charge is 0.497 e. The number of fused-ring (bicyclic) bond motifs is 1. The summed E-state index contributed by atoms with van der Waals surface area (Å²) in [7, 11) is 3.17. The molecule has 4 rings (SSSR count). The molecule has 172 valence electrons. The smallest absolute Gasteiger partial charge is 0.350 e. The van der Waals surface area contributed by atoms with Crippen molar-refractivity contribution >= 4 is 28.1 Å². The normalized spacial score (nSPS) is 10.9. The molecule has 0 radical (unpaired) electrons. The van der Waals surface area contributed by atoms with E-state index in [1.165, 1.54) is 23.5 Å². The molecular weight excluding hydrogens is 445 g/mol. The summed E-state index contributed by atoms with van der Waals surface area (Å²) in [6.07, 6.45) is 0. The van der Waals surface area contributed by atoms with E-state index in [0.29, 0.717) is 45.1 Å². The van der Waals surface area contributed by atoms with Crippen molar-refractivity contribution in [2.75, 3.05) is 26.1 Å². The summed E-state index contributed by atoms with van der Waals surface area (Å²) in [6, 6.07) is 11.9. The van der Waals surface area contributed by atoms with Gasteiger partial charge in [-0.05, 0) is 43.7 Å². The van der Waals surface area contributed by atoms with E-state index in [4.69, 9.17) is 19.2 Å². The molecule has 0 unspecified atom stereocenters. The minimum atomic E-state index is -0.383. The first kappa shape index (κ1) is 22.6. The number of aromatic nitrogens is 2. The third kappa shape index (κ3) is 4.49. The van der Waals surface area contributed by atoms with E-state index in [2.05, 4.69) is 5.32 Å². The molecule has 2 heterocycles. The number of aryl methyl sites for hydroxylation is 1. The van der Waals surface area contributed by atoms with Gasteiger partial charge in [0, 0.05) is 23.9 Å². The molecular formula is C24H24FN3O4S. The number of carbonyl (C=O) groups excluding carboxylic acids is 1. The monoisotopic (exact) mass is 469 g/mol. The number of ether oxygens (including phenoxy) is 3. The molecule has 0 saturated heterocycles. The second-order valence-corrected chi connectivity index (χ2v) is 8.23. The highest BCUT2D eigenvalue weighted by atomic mass is 32.1. The quantitative estimate of drug-likeness (QED) is 0.352. The van der Waals surface area contributed by atoms with Crippen LogP contribution in [0.4, 0.5) is 10.2 Å². The lowest BCUT2D eigenvalue weighted by Crippen LogP contribution is -2.07. The van der Waals surface area contributed by atoms with E-state index in [0.717, 1.165) is 11.1 Å². The molecule has 1 N–H and O–H groups in total. The highest BCUT2D eigenvalue weighted by Crippen LogP contribution is 2.38. The van der Waals surface area contributed by atoms with E-state index >= 15 is 0 Å². The molecule has 4 aromatic rings. The third-order valence-electron chi connectivity index (χ3n) is 5.14. The van der Waals surface area contributed by atoms with Crippen LogP contribution in [0.5, 0.6) is 11.5 Å². The van der Waals surface area contributed by atoms with Crippen molar-refractivity contribution in [3.8, 4) is 22.8 Å². The topological polar surface area (TPSA) is 74.1 Å². The van der Waals surface area contributed by atoms with Crippen LogP contribution >= 0.6 is 11.3 Å². The molecule has 0 atom stereocenters. The lowest BCUT2D eigenvalue weighted by molar-refractivity contribution is 0.0531. The first-order valence-corrected chi connectivity index (χ1v) is 11.2. The van der Waals surface area contributed by atoms with Crippen LogP contribution in [0, 0.1) is 12.7 Å². The van der Waals surface area contributed by atoms with Gasteiger partial charge in [-0.1, -0.05) is 23.5 Å². The number of esters is 1. The summed E-state index contributed by atoms with van der Waals surface area (Å²) in [5.41, 5.74) is 2.93. The van der Waals surface area contributed by atoms with Crippen molar-refractivity contribution in [1.82, 2.24) is 9.38 Å². The second-order valence-electron chi connectivity index (χ2n) is 7.25. The molecule has 0 saturated carbocycles. The number of imidazole rings is 1. The molecule has 0 bridgehead atoms. The Hall–Kier alpha value is -3.59. The van der Waals surface area contributed by atoms with Crippen molar-refractivity contribution in [3.63, 3.8) is 0 Å². The van der Waals surface area contributed by atoms with Crippen molar-refractivity contribution in [2.24, 2.45) is 0 Å². The number of rotatable bonds is 8. The number of nitrogens with zero attached hydrogens (tertiary/aromatic N) is 2. The average molecular weight is 470 g/mol. The summed E-state index contributed by atoms with van der Waals surface area (Å²) in [6.45, 7) is 4.27. The summed E-state index contributed by atoms with van der Waals surface area (Å²) in [4.78, 5) is 18.4. The Morgan fingerprint density at radius 3 is 2.52 bits per heavy atom. The summed E-state index contributed by atoms with van der Waals surface area (Å²) in [5, 5.41) is 3.39. The maximum Gasteiger partial charge on any atom is 0.350 e. The highest BCUT2D eigenvalue weighted by Gasteiger charge is 2.24. The zero-order valence-electron chi connectivity index (χ0n) is 18.8. The van der Waals surface area contributed by atoms with E-state index in [1.54, 1.807) is 33.3 Å². The predicted octanol–water partition coefficient (Wildman–Crippen LogP) is 5.32. The van der Waals surface area contributed by atoms with Gasteiger partial charge in [0.05, 0.1) is 20.8 Å². The molecule has 33 heavy (non-hydrogen) atoms. The number of halogens is 1. The Labute approximate surface area is 194 Å². The van der Waals surface area contributed by atoms with Crippen LogP contribution < -0.4 is 14.8 Å². The van der Waals surface area contributed by atoms with Crippen LogP contribution in [0.1, 0.15) is 27.9 Å². The van der Waals surface area contributed by atoms with E-state index in [-0.39, 0.29) is 18.4 Å². The Morgan fingerprint density at radius 1 is 1.15 bits per heavy atom. The summed E-state index contributed by atoms with van der Waals surface area (Å²) < 4.78 is 31.6. The van der Waals surface area contributed by atoms with Crippen LogP contribution in [0.3, 0.4) is 0 Å². The van der Waals surface area contributed by atoms with E-state index in [1.807, 2.05) is 29.5 Å². The Balaban J connectivity index is 1.85. The SMILES string of the molecule is CCOC(=O)c1sc2nc(-c3cc(OC)cc(OC)c3)c(NCc3cccc(F)c3)n2c1C. The highest BCUT2D eigenvalue weighted by molar-refractivity contribution is 7.19. The number of nitrogens with one attached hydrogen (secondary N) is 1. The van der Waals surface area contributed by atoms with Gasteiger partial charge in [0.1, 0.15) is 33.7 Å². The molecule has 2 aromatic heterocycles. The van der Waals surface area contributed by atoms with Crippen LogP contribution in [0.25, 0.3) is 16.2 Å². The van der Waals surface area contributed by atoms with Crippen molar-refractivity contribution < 1.29 is 23.4 Å². The van der Waals surface area contributed by atoms with Gasteiger partial charge in [-0.25, -0.2) is 14.2 Å². The number of anilines is 1. The number of hydrogen-bond acceptors (Lipinski definition) is 7. The molecule has 0 fully saturated rings. The van der Waals surface area contributed by atoms with Gasteiger partial charge in [0.2, 0.25) is 0 Å². The third-order valence-corrected chi connectivity index (χ3v) is 6.26. The number of hydrogen-bond donors (Lipinski definition) is 1. The Kier molecular flexibility index (Phi) is 6.50. The minimum Gasteiger partial charge on any atom is -0.497 e. The van der Waals surface area contributed by atoms with Gasteiger partial charge < -0.3 is 19.5 Å². The van der Waals surface area contributed by atoms with Gasteiger partial charge in [-0.3, -0.25) is 4.40 Å². The van der Waals surface area contributed by atoms with E-state index in [9.17, 15) is 9.18 Å². The number of carbonyl (C=O) groups is 1.